The number of hydrogen-bond acceptors (Lipinski definition) is 3. The van der Waals surface area contributed by atoms with Crippen molar-refractivity contribution in [3.63, 3.8) is 0 Å². The molecule has 168 valence electrons. The molecule has 0 spiro atoms. The van der Waals surface area contributed by atoms with Crippen LogP contribution in [0.5, 0.6) is 5.75 Å². The van der Waals surface area contributed by atoms with Crippen molar-refractivity contribution in [1.29, 1.82) is 0 Å². The SMILES string of the molecule is CC(C)OC(=O)COc1ccc(F)c(CCc2cc(-c3cccc(F)c3)ccc2F)c1F. The summed E-state index contributed by atoms with van der Waals surface area (Å²) in [5, 5.41) is 0. The maximum absolute atomic E-state index is 14.8. The summed E-state index contributed by atoms with van der Waals surface area (Å²) in [5.41, 5.74) is 1.10. The second-order valence-electron chi connectivity index (χ2n) is 7.48. The van der Waals surface area contributed by atoms with E-state index in [1.807, 2.05) is 0 Å². The molecule has 0 aliphatic rings. The van der Waals surface area contributed by atoms with Crippen LogP contribution in [0, 0.1) is 23.3 Å². The van der Waals surface area contributed by atoms with E-state index in [0.29, 0.717) is 11.1 Å². The van der Waals surface area contributed by atoms with Gasteiger partial charge in [0.2, 0.25) is 0 Å². The lowest BCUT2D eigenvalue weighted by molar-refractivity contribution is -0.149. The minimum atomic E-state index is -0.955. The van der Waals surface area contributed by atoms with Crippen LogP contribution in [0.25, 0.3) is 11.1 Å². The van der Waals surface area contributed by atoms with Crippen molar-refractivity contribution in [2.45, 2.75) is 32.8 Å². The molecule has 0 amide bonds. The van der Waals surface area contributed by atoms with Crippen LogP contribution in [0.2, 0.25) is 0 Å². The molecule has 3 nitrogen and oxygen atoms in total. The summed E-state index contributed by atoms with van der Waals surface area (Å²) in [4.78, 5) is 11.6. The molecule has 0 aliphatic heterocycles. The Morgan fingerprint density at radius 3 is 2.31 bits per heavy atom. The first-order valence-corrected chi connectivity index (χ1v) is 10.1. The Hall–Kier alpha value is -3.35. The van der Waals surface area contributed by atoms with E-state index >= 15 is 0 Å². The molecule has 0 atom stereocenters. The first kappa shape index (κ1) is 23.3. The molecular weight excluding hydrogens is 424 g/mol. The van der Waals surface area contributed by atoms with Gasteiger partial charge in [0.25, 0.3) is 0 Å². The van der Waals surface area contributed by atoms with Gasteiger partial charge in [-0.05, 0) is 79.8 Å². The van der Waals surface area contributed by atoms with Gasteiger partial charge in [-0.3, -0.25) is 0 Å². The van der Waals surface area contributed by atoms with E-state index in [-0.39, 0.29) is 35.8 Å². The highest BCUT2D eigenvalue weighted by atomic mass is 19.1. The molecule has 3 rings (SSSR count). The van der Waals surface area contributed by atoms with Gasteiger partial charge in [0.15, 0.2) is 18.2 Å². The van der Waals surface area contributed by atoms with Gasteiger partial charge in [-0.1, -0.05) is 18.2 Å². The topological polar surface area (TPSA) is 35.5 Å². The van der Waals surface area contributed by atoms with Gasteiger partial charge in [-0.15, -0.1) is 0 Å². The van der Waals surface area contributed by atoms with Crippen LogP contribution in [0.15, 0.2) is 54.6 Å². The van der Waals surface area contributed by atoms with E-state index in [2.05, 4.69) is 0 Å². The molecular formula is C25H22F4O3. The van der Waals surface area contributed by atoms with Crippen LogP contribution in [-0.2, 0) is 22.4 Å². The largest absolute Gasteiger partial charge is 0.479 e. The summed E-state index contributed by atoms with van der Waals surface area (Å²) < 4.78 is 66.9. The fraction of sp³-hybridized carbons (Fsp3) is 0.240. The highest BCUT2D eigenvalue weighted by Gasteiger charge is 2.17. The van der Waals surface area contributed by atoms with Crippen LogP contribution in [0.1, 0.15) is 25.0 Å². The predicted octanol–water partition coefficient (Wildman–Crippen LogP) is 6.03. The highest BCUT2D eigenvalue weighted by molar-refractivity contribution is 5.71. The molecule has 32 heavy (non-hydrogen) atoms. The molecule has 0 unspecified atom stereocenters. The van der Waals surface area contributed by atoms with E-state index in [1.165, 1.54) is 30.3 Å². The summed E-state index contributed by atoms with van der Waals surface area (Å²) >= 11 is 0. The minimum Gasteiger partial charge on any atom is -0.479 e. The summed E-state index contributed by atoms with van der Waals surface area (Å²) in [7, 11) is 0. The zero-order chi connectivity index (χ0) is 23.3. The molecule has 7 heteroatoms. The van der Waals surface area contributed by atoms with Crippen molar-refractivity contribution >= 4 is 5.97 Å². The number of rotatable bonds is 8. The molecule has 3 aromatic rings. The van der Waals surface area contributed by atoms with Crippen LogP contribution in [-0.4, -0.2) is 18.7 Å². The lowest BCUT2D eigenvalue weighted by Gasteiger charge is -2.13. The quantitative estimate of drug-likeness (QED) is 0.313. The Morgan fingerprint density at radius 1 is 0.875 bits per heavy atom. The van der Waals surface area contributed by atoms with Crippen molar-refractivity contribution in [1.82, 2.24) is 0 Å². The average molecular weight is 446 g/mol. The van der Waals surface area contributed by atoms with Gasteiger partial charge in [0, 0.05) is 5.56 Å². The Balaban J connectivity index is 1.76. The molecule has 3 aromatic carbocycles. The van der Waals surface area contributed by atoms with Crippen LogP contribution < -0.4 is 4.74 Å². The third-order valence-corrected chi connectivity index (χ3v) is 4.71. The van der Waals surface area contributed by atoms with E-state index in [4.69, 9.17) is 9.47 Å². The van der Waals surface area contributed by atoms with Crippen molar-refractivity contribution in [2.75, 3.05) is 6.61 Å². The molecule has 0 N–H and O–H groups in total. The first-order chi connectivity index (χ1) is 15.2. The Morgan fingerprint density at radius 2 is 1.59 bits per heavy atom. The predicted molar refractivity (Wildman–Crippen MR) is 112 cm³/mol. The highest BCUT2D eigenvalue weighted by Crippen LogP contribution is 2.27. The van der Waals surface area contributed by atoms with E-state index in [1.54, 1.807) is 26.0 Å². The molecule has 0 aromatic heterocycles. The van der Waals surface area contributed by atoms with Crippen molar-refractivity contribution in [3.8, 4) is 16.9 Å². The van der Waals surface area contributed by atoms with Gasteiger partial charge in [0.1, 0.15) is 17.5 Å². The lowest BCUT2D eigenvalue weighted by atomic mass is 9.98. The van der Waals surface area contributed by atoms with E-state index < -0.39 is 35.8 Å². The van der Waals surface area contributed by atoms with E-state index in [0.717, 1.165) is 12.1 Å². The van der Waals surface area contributed by atoms with Crippen LogP contribution in [0.3, 0.4) is 0 Å². The standard InChI is InChI=1S/C25H22F4O3/c1-15(2)32-24(30)14-31-23-11-10-22(28)20(25(23)29)8-6-18-12-17(7-9-21(18)27)16-4-3-5-19(26)13-16/h3-5,7,9-13,15H,6,8,14H2,1-2H3. The third kappa shape index (κ3) is 5.87. The normalized spacial score (nSPS) is 11.0. The maximum Gasteiger partial charge on any atom is 0.344 e. The number of halogens is 4. The van der Waals surface area contributed by atoms with Crippen molar-refractivity contribution in [2.24, 2.45) is 0 Å². The average Bonchev–Trinajstić information content (AvgIpc) is 2.73. The third-order valence-electron chi connectivity index (χ3n) is 4.71. The zero-order valence-corrected chi connectivity index (χ0v) is 17.6. The summed E-state index contributed by atoms with van der Waals surface area (Å²) in [5.74, 6) is -3.69. The number of aryl methyl sites for hydroxylation is 1. The fourth-order valence-corrected chi connectivity index (χ4v) is 3.22. The number of carbonyl (C=O) groups excluding carboxylic acids is 1. The molecule has 0 saturated heterocycles. The molecule has 0 saturated carbocycles. The lowest BCUT2D eigenvalue weighted by Crippen LogP contribution is -2.19. The number of carbonyl (C=O) groups is 1. The Kier molecular flexibility index (Phi) is 7.51. The smallest absolute Gasteiger partial charge is 0.344 e. The van der Waals surface area contributed by atoms with Gasteiger partial charge in [-0.2, -0.15) is 0 Å². The summed E-state index contributed by atoms with van der Waals surface area (Å²) in [6, 6.07) is 12.2. The second kappa shape index (κ2) is 10.3. The molecule has 0 heterocycles. The number of benzene rings is 3. The number of hydrogen-bond donors (Lipinski definition) is 0. The fourth-order valence-electron chi connectivity index (χ4n) is 3.22. The molecule has 0 fully saturated rings. The Labute approximate surface area is 183 Å². The van der Waals surface area contributed by atoms with Gasteiger partial charge >= 0.3 is 5.97 Å². The maximum atomic E-state index is 14.8. The van der Waals surface area contributed by atoms with E-state index in [9.17, 15) is 22.4 Å². The molecule has 0 bridgehead atoms. The van der Waals surface area contributed by atoms with Gasteiger partial charge in [0.05, 0.1) is 6.10 Å². The zero-order valence-electron chi connectivity index (χ0n) is 17.6. The molecule has 0 radical (unpaired) electrons. The van der Waals surface area contributed by atoms with Crippen molar-refractivity contribution in [3.05, 3.63) is 89.0 Å². The van der Waals surface area contributed by atoms with Crippen LogP contribution in [0.4, 0.5) is 17.6 Å². The summed E-state index contributed by atoms with van der Waals surface area (Å²) in [6.45, 7) is 2.80. The monoisotopic (exact) mass is 446 g/mol. The van der Waals surface area contributed by atoms with Crippen LogP contribution >= 0.6 is 0 Å². The second-order valence-corrected chi connectivity index (χ2v) is 7.48. The van der Waals surface area contributed by atoms with Gasteiger partial charge in [-0.25, -0.2) is 22.4 Å². The van der Waals surface area contributed by atoms with Gasteiger partial charge < -0.3 is 9.47 Å². The Bertz CT molecular complexity index is 1110. The summed E-state index contributed by atoms with van der Waals surface area (Å²) in [6.07, 6.45) is -0.492. The number of ether oxygens (including phenoxy) is 2. The first-order valence-electron chi connectivity index (χ1n) is 10.1. The number of esters is 1. The molecule has 0 aliphatic carbocycles. The minimum absolute atomic E-state index is 0.00166. The van der Waals surface area contributed by atoms with Crippen molar-refractivity contribution < 1.29 is 31.8 Å².